The van der Waals surface area contributed by atoms with Crippen LogP contribution in [0.25, 0.3) is 0 Å². The number of methoxy groups -OCH3 is 2. The highest BCUT2D eigenvalue weighted by Gasteiger charge is 2.57. The maximum atomic E-state index is 11.4. The minimum absolute atomic E-state index is 0.146. The number of ether oxygens (including phenoxy) is 7. The summed E-state index contributed by atoms with van der Waals surface area (Å²) in [6.45, 7) is 0.146. The topological polar surface area (TPSA) is 98.8 Å². The molecular formula is C11H14O9. The monoisotopic (exact) mass is 290 g/mol. The summed E-state index contributed by atoms with van der Waals surface area (Å²) >= 11 is 0. The Bertz CT molecular complexity index is 411. The third kappa shape index (κ3) is 2.17. The van der Waals surface area contributed by atoms with Crippen molar-refractivity contribution in [1.82, 2.24) is 0 Å². The fourth-order valence-electron chi connectivity index (χ4n) is 2.33. The minimum atomic E-state index is -1.15. The zero-order valence-corrected chi connectivity index (χ0v) is 10.8. The highest BCUT2D eigenvalue weighted by molar-refractivity contribution is 5.73. The van der Waals surface area contributed by atoms with Gasteiger partial charge in [0.1, 0.15) is 18.3 Å². The molecule has 3 unspecified atom stereocenters. The summed E-state index contributed by atoms with van der Waals surface area (Å²) in [6.07, 6.45) is -4.67. The van der Waals surface area contributed by atoms with Gasteiger partial charge >= 0.3 is 11.9 Å². The molecule has 3 rings (SSSR count). The van der Waals surface area contributed by atoms with Crippen molar-refractivity contribution >= 4 is 11.9 Å². The Morgan fingerprint density at radius 1 is 0.900 bits per heavy atom. The van der Waals surface area contributed by atoms with Crippen LogP contribution in [-0.2, 0) is 42.7 Å². The lowest BCUT2D eigenvalue weighted by atomic mass is 10.1. The van der Waals surface area contributed by atoms with E-state index < -0.39 is 49.1 Å². The number of rotatable bonds is 2. The van der Waals surface area contributed by atoms with Gasteiger partial charge in [-0.2, -0.15) is 0 Å². The molecule has 112 valence electrons. The van der Waals surface area contributed by atoms with Gasteiger partial charge in [0, 0.05) is 0 Å². The molecule has 0 saturated carbocycles. The highest BCUT2D eigenvalue weighted by Crippen LogP contribution is 2.37. The molecule has 0 aromatic carbocycles. The Morgan fingerprint density at radius 2 is 1.55 bits per heavy atom. The normalized spacial score (nSPS) is 42.7. The van der Waals surface area contributed by atoms with Crippen molar-refractivity contribution in [3.63, 3.8) is 0 Å². The first kappa shape index (κ1) is 13.7. The molecular weight excluding hydrogens is 276 g/mol. The summed E-state index contributed by atoms with van der Waals surface area (Å²) in [7, 11) is 2.46. The summed E-state index contributed by atoms with van der Waals surface area (Å²) in [5.41, 5.74) is 0. The smallest absolute Gasteiger partial charge is 0.363 e. The quantitative estimate of drug-likeness (QED) is 0.565. The van der Waals surface area contributed by atoms with E-state index in [0.717, 1.165) is 0 Å². The minimum Gasteiger partial charge on any atom is -0.465 e. The third-order valence-electron chi connectivity index (χ3n) is 3.29. The molecule has 0 spiro atoms. The maximum Gasteiger partial charge on any atom is 0.363 e. The number of fused-ring (bicyclic) bond motifs is 3. The SMILES string of the molecule is COC(=O)C1O[C@H]2OC3COC(C(=O)OC)O[C@@H]3[C@H]2O1. The second-order valence-corrected chi connectivity index (χ2v) is 4.42. The van der Waals surface area contributed by atoms with Crippen LogP contribution in [0, 0.1) is 0 Å². The zero-order valence-electron chi connectivity index (χ0n) is 10.8. The molecule has 3 aliphatic rings. The number of carbonyl (C=O) groups is 2. The van der Waals surface area contributed by atoms with Gasteiger partial charge in [-0.15, -0.1) is 0 Å². The third-order valence-corrected chi connectivity index (χ3v) is 3.29. The second-order valence-electron chi connectivity index (χ2n) is 4.42. The van der Waals surface area contributed by atoms with E-state index in [4.69, 9.17) is 23.7 Å². The molecule has 3 saturated heterocycles. The van der Waals surface area contributed by atoms with Crippen molar-refractivity contribution in [2.24, 2.45) is 0 Å². The average molecular weight is 290 g/mol. The first-order valence-electron chi connectivity index (χ1n) is 6.03. The summed E-state index contributed by atoms with van der Waals surface area (Å²) in [4.78, 5) is 22.8. The van der Waals surface area contributed by atoms with Gasteiger partial charge < -0.3 is 33.2 Å². The molecule has 0 bridgehead atoms. The van der Waals surface area contributed by atoms with Crippen LogP contribution >= 0.6 is 0 Å². The van der Waals surface area contributed by atoms with E-state index in [2.05, 4.69) is 9.47 Å². The molecule has 3 fully saturated rings. The van der Waals surface area contributed by atoms with Crippen LogP contribution < -0.4 is 0 Å². The van der Waals surface area contributed by atoms with E-state index in [-0.39, 0.29) is 6.61 Å². The number of hydrogen-bond donors (Lipinski definition) is 0. The largest absolute Gasteiger partial charge is 0.465 e. The van der Waals surface area contributed by atoms with Crippen LogP contribution in [0.4, 0.5) is 0 Å². The molecule has 0 N–H and O–H groups in total. The van der Waals surface area contributed by atoms with Crippen LogP contribution in [0.3, 0.4) is 0 Å². The first-order chi connectivity index (χ1) is 9.63. The van der Waals surface area contributed by atoms with E-state index in [1.54, 1.807) is 0 Å². The van der Waals surface area contributed by atoms with E-state index >= 15 is 0 Å². The zero-order chi connectivity index (χ0) is 14.3. The second kappa shape index (κ2) is 5.26. The molecule has 0 radical (unpaired) electrons. The van der Waals surface area contributed by atoms with E-state index in [1.165, 1.54) is 14.2 Å². The molecule has 0 aliphatic carbocycles. The molecule has 3 aliphatic heterocycles. The van der Waals surface area contributed by atoms with Crippen LogP contribution in [-0.4, -0.2) is 69.9 Å². The first-order valence-corrected chi connectivity index (χ1v) is 6.03. The Labute approximate surface area is 113 Å². The predicted octanol–water partition coefficient (Wildman–Crippen LogP) is -1.46. The van der Waals surface area contributed by atoms with Crippen LogP contribution in [0.5, 0.6) is 0 Å². The van der Waals surface area contributed by atoms with Crippen molar-refractivity contribution in [2.75, 3.05) is 20.8 Å². The van der Waals surface area contributed by atoms with Crippen LogP contribution in [0.15, 0.2) is 0 Å². The van der Waals surface area contributed by atoms with Gasteiger partial charge in [-0.25, -0.2) is 9.59 Å². The number of hydrogen-bond acceptors (Lipinski definition) is 9. The van der Waals surface area contributed by atoms with Crippen molar-refractivity contribution in [3.05, 3.63) is 0 Å². The average Bonchev–Trinajstić information content (AvgIpc) is 3.02. The van der Waals surface area contributed by atoms with Crippen molar-refractivity contribution in [3.8, 4) is 0 Å². The molecule has 0 aromatic rings. The molecule has 0 aromatic heterocycles. The summed E-state index contributed by atoms with van der Waals surface area (Å²) in [5, 5.41) is 0. The fraction of sp³-hybridized carbons (Fsp3) is 0.818. The van der Waals surface area contributed by atoms with Gasteiger partial charge in [-0.3, -0.25) is 0 Å². The molecule has 9 heteroatoms. The predicted molar refractivity (Wildman–Crippen MR) is 57.1 cm³/mol. The summed E-state index contributed by atoms with van der Waals surface area (Å²) < 4.78 is 35.9. The summed E-state index contributed by atoms with van der Waals surface area (Å²) in [6, 6.07) is 0. The number of esters is 2. The highest BCUT2D eigenvalue weighted by atomic mass is 16.9. The Kier molecular flexibility index (Phi) is 3.61. The van der Waals surface area contributed by atoms with Gasteiger partial charge in [-0.1, -0.05) is 0 Å². The van der Waals surface area contributed by atoms with Crippen molar-refractivity contribution in [2.45, 2.75) is 37.2 Å². The molecule has 20 heavy (non-hydrogen) atoms. The van der Waals surface area contributed by atoms with Crippen molar-refractivity contribution < 1.29 is 42.7 Å². The van der Waals surface area contributed by atoms with Gasteiger partial charge in [0.2, 0.25) is 0 Å². The Hall–Kier alpha value is -1.26. The molecule has 9 nitrogen and oxygen atoms in total. The van der Waals surface area contributed by atoms with E-state index in [1.807, 2.05) is 0 Å². The van der Waals surface area contributed by atoms with E-state index in [0.29, 0.717) is 0 Å². The lowest BCUT2D eigenvalue weighted by Crippen LogP contribution is -2.49. The van der Waals surface area contributed by atoms with Gasteiger partial charge in [-0.05, 0) is 0 Å². The fourth-order valence-corrected chi connectivity index (χ4v) is 2.33. The van der Waals surface area contributed by atoms with Gasteiger partial charge in [0.15, 0.2) is 6.29 Å². The number of carbonyl (C=O) groups excluding carboxylic acids is 2. The van der Waals surface area contributed by atoms with Crippen LogP contribution in [0.2, 0.25) is 0 Å². The standard InChI is InChI=1S/C11H14O9/c1-14-7(12)10-16-3-4-5(18-10)6-9(17-4)20-11(19-6)8(13)15-2/h4-6,9-11H,3H2,1-2H3/t4?,5-,6+,9+,10?,11?/m0/s1. The lowest BCUT2D eigenvalue weighted by molar-refractivity contribution is -0.268. The van der Waals surface area contributed by atoms with Gasteiger partial charge in [0.05, 0.1) is 20.8 Å². The van der Waals surface area contributed by atoms with Crippen LogP contribution in [0.1, 0.15) is 0 Å². The lowest BCUT2D eigenvalue weighted by Gasteiger charge is -2.31. The summed E-state index contributed by atoms with van der Waals surface area (Å²) in [5.74, 6) is -1.30. The van der Waals surface area contributed by atoms with Crippen molar-refractivity contribution in [1.29, 1.82) is 0 Å². The Morgan fingerprint density at radius 3 is 2.25 bits per heavy atom. The maximum absolute atomic E-state index is 11.4. The molecule has 3 heterocycles. The molecule has 6 atom stereocenters. The van der Waals surface area contributed by atoms with E-state index in [9.17, 15) is 9.59 Å². The van der Waals surface area contributed by atoms with Gasteiger partial charge in [0.25, 0.3) is 12.6 Å². The molecule has 0 amide bonds. The Balaban J connectivity index is 1.67.